The minimum absolute atomic E-state index is 0.149. The molecule has 1 saturated carbocycles. The van der Waals surface area contributed by atoms with Crippen LogP contribution in [0.5, 0.6) is 0 Å². The van der Waals surface area contributed by atoms with Crippen LogP contribution in [0.3, 0.4) is 0 Å². The van der Waals surface area contributed by atoms with E-state index in [9.17, 15) is 4.39 Å². The number of anilines is 1. The van der Waals surface area contributed by atoms with Gasteiger partial charge in [0.05, 0.1) is 5.54 Å². The maximum atomic E-state index is 13.0. The molecule has 1 saturated heterocycles. The average molecular weight is 248 g/mol. The van der Waals surface area contributed by atoms with Gasteiger partial charge in [0.2, 0.25) is 0 Å². The molecule has 0 atom stereocenters. The monoisotopic (exact) mass is 248 g/mol. The van der Waals surface area contributed by atoms with E-state index in [1.807, 2.05) is 12.1 Å². The Morgan fingerprint density at radius 2 is 1.78 bits per heavy atom. The van der Waals surface area contributed by atoms with Crippen LogP contribution in [-0.2, 0) is 0 Å². The van der Waals surface area contributed by atoms with Crippen molar-refractivity contribution in [2.75, 3.05) is 24.5 Å². The Morgan fingerprint density at radius 1 is 1.11 bits per heavy atom. The topological polar surface area (TPSA) is 6.48 Å². The zero-order valence-electron chi connectivity index (χ0n) is 11.2. The van der Waals surface area contributed by atoms with Crippen LogP contribution in [0.15, 0.2) is 24.3 Å². The summed E-state index contributed by atoms with van der Waals surface area (Å²) >= 11 is 0. The third-order valence-electron chi connectivity index (χ3n) is 4.38. The summed E-state index contributed by atoms with van der Waals surface area (Å²) < 4.78 is 13.0. The van der Waals surface area contributed by atoms with Crippen LogP contribution >= 0.6 is 0 Å². The van der Waals surface area contributed by atoms with Crippen LogP contribution in [0.1, 0.15) is 26.7 Å². The van der Waals surface area contributed by atoms with E-state index in [1.165, 1.54) is 18.5 Å². The summed E-state index contributed by atoms with van der Waals surface area (Å²) in [4.78, 5) is 5.05. The Morgan fingerprint density at radius 3 is 2.33 bits per heavy atom. The van der Waals surface area contributed by atoms with Crippen molar-refractivity contribution in [1.29, 1.82) is 0 Å². The number of hydrogen-bond acceptors (Lipinski definition) is 2. The molecule has 1 spiro atoms. The maximum absolute atomic E-state index is 13.0. The van der Waals surface area contributed by atoms with Gasteiger partial charge in [-0.1, -0.05) is 0 Å². The van der Waals surface area contributed by atoms with Crippen LogP contribution in [0.2, 0.25) is 0 Å². The first-order valence-corrected chi connectivity index (χ1v) is 6.88. The maximum Gasteiger partial charge on any atom is 0.123 e. The minimum Gasteiger partial charge on any atom is -0.363 e. The molecule has 0 aromatic heterocycles. The highest BCUT2D eigenvalue weighted by molar-refractivity contribution is 5.52. The van der Waals surface area contributed by atoms with Gasteiger partial charge in [-0.3, -0.25) is 4.90 Å². The SMILES string of the molecule is CC(C)N1CCN(c2ccc(F)cc2)C2(CC2)C1. The molecule has 18 heavy (non-hydrogen) atoms. The van der Waals surface area contributed by atoms with Gasteiger partial charge < -0.3 is 4.90 Å². The van der Waals surface area contributed by atoms with E-state index in [-0.39, 0.29) is 5.82 Å². The molecule has 2 aliphatic rings. The third-order valence-corrected chi connectivity index (χ3v) is 4.38. The van der Waals surface area contributed by atoms with E-state index in [2.05, 4.69) is 23.6 Å². The lowest BCUT2D eigenvalue weighted by Crippen LogP contribution is -2.56. The molecule has 3 heteroatoms. The van der Waals surface area contributed by atoms with E-state index < -0.39 is 0 Å². The number of benzene rings is 1. The summed E-state index contributed by atoms with van der Waals surface area (Å²) in [5.41, 5.74) is 1.51. The first-order valence-electron chi connectivity index (χ1n) is 6.88. The van der Waals surface area contributed by atoms with Gasteiger partial charge >= 0.3 is 0 Å². The van der Waals surface area contributed by atoms with Crippen molar-refractivity contribution >= 4 is 5.69 Å². The molecule has 3 rings (SSSR count). The van der Waals surface area contributed by atoms with Crippen molar-refractivity contribution in [2.45, 2.75) is 38.3 Å². The highest BCUT2D eigenvalue weighted by Crippen LogP contribution is 2.46. The summed E-state index contributed by atoms with van der Waals surface area (Å²) in [6.45, 7) is 7.86. The molecule has 0 unspecified atom stereocenters. The highest BCUT2D eigenvalue weighted by atomic mass is 19.1. The van der Waals surface area contributed by atoms with Gasteiger partial charge in [0.15, 0.2) is 0 Å². The number of halogens is 1. The second-order valence-electron chi connectivity index (χ2n) is 5.92. The first-order chi connectivity index (χ1) is 8.61. The Kier molecular flexibility index (Phi) is 2.81. The Balaban J connectivity index is 1.80. The Labute approximate surface area is 108 Å². The predicted molar refractivity (Wildman–Crippen MR) is 72.4 cm³/mol. The Bertz CT molecular complexity index is 423. The van der Waals surface area contributed by atoms with E-state index >= 15 is 0 Å². The largest absolute Gasteiger partial charge is 0.363 e. The standard InChI is InChI=1S/C15H21FN2/c1-12(2)17-9-10-18(15(11-17)7-8-15)14-5-3-13(16)4-6-14/h3-6,12H,7-11H2,1-2H3. The van der Waals surface area contributed by atoms with Crippen molar-refractivity contribution in [1.82, 2.24) is 4.90 Å². The van der Waals surface area contributed by atoms with Gasteiger partial charge in [-0.15, -0.1) is 0 Å². The van der Waals surface area contributed by atoms with Crippen LogP contribution in [-0.4, -0.2) is 36.1 Å². The molecular formula is C15H21FN2. The number of nitrogens with zero attached hydrogens (tertiary/aromatic N) is 2. The van der Waals surface area contributed by atoms with Crippen molar-refractivity contribution in [3.8, 4) is 0 Å². The lowest BCUT2D eigenvalue weighted by atomic mass is 10.1. The summed E-state index contributed by atoms with van der Waals surface area (Å²) in [5.74, 6) is -0.149. The van der Waals surface area contributed by atoms with Crippen LogP contribution in [0.4, 0.5) is 10.1 Å². The zero-order valence-corrected chi connectivity index (χ0v) is 11.2. The van der Waals surface area contributed by atoms with Gasteiger partial charge in [0.25, 0.3) is 0 Å². The minimum atomic E-state index is -0.149. The number of piperazine rings is 1. The van der Waals surface area contributed by atoms with E-state index in [1.54, 1.807) is 12.1 Å². The molecule has 1 aliphatic carbocycles. The molecule has 1 aromatic carbocycles. The fourth-order valence-electron chi connectivity index (χ4n) is 3.05. The second-order valence-corrected chi connectivity index (χ2v) is 5.92. The highest BCUT2D eigenvalue weighted by Gasteiger charge is 2.51. The zero-order chi connectivity index (χ0) is 12.8. The molecule has 0 N–H and O–H groups in total. The summed E-state index contributed by atoms with van der Waals surface area (Å²) in [6, 6.07) is 7.60. The van der Waals surface area contributed by atoms with Crippen molar-refractivity contribution in [3.05, 3.63) is 30.1 Å². The van der Waals surface area contributed by atoms with Crippen LogP contribution in [0.25, 0.3) is 0 Å². The molecule has 1 heterocycles. The van der Waals surface area contributed by atoms with Crippen molar-refractivity contribution in [2.24, 2.45) is 0 Å². The molecule has 2 fully saturated rings. The Hall–Kier alpha value is -1.09. The van der Waals surface area contributed by atoms with Crippen molar-refractivity contribution in [3.63, 3.8) is 0 Å². The summed E-state index contributed by atoms with van der Waals surface area (Å²) in [5, 5.41) is 0. The molecule has 0 bridgehead atoms. The fourth-order valence-corrected chi connectivity index (χ4v) is 3.05. The van der Waals surface area contributed by atoms with Crippen LogP contribution in [0, 0.1) is 5.82 Å². The fraction of sp³-hybridized carbons (Fsp3) is 0.600. The second kappa shape index (κ2) is 4.23. The van der Waals surface area contributed by atoms with Gasteiger partial charge in [-0.05, 0) is 51.0 Å². The smallest absolute Gasteiger partial charge is 0.123 e. The lowest BCUT2D eigenvalue weighted by Gasteiger charge is -2.45. The lowest BCUT2D eigenvalue weighted by molar-refractivity contribution is 0.173. The van der Waals surface area contributed by atoms with Gasteiger partial charge in [-0.25, -0.2) is 4.39 Å². The predicted octanol–water partition coefficient (Wildman–Crippen LogP) is 2.89. The van der Waals surface area contributed by atoms with E-state index in [0.717, 1.165) is 19.6 Å². The van der Waals surface area contributed by atoms with E-state index in [4.69, 9.17) is 0 Å². The van der Waals surface area contributed by atoms with Crippen LogP contribution < -0.4 is 4.90 Å². The van der Waals surface area contributed by atoms with Crippen molar-refractivity contribution < 1.29 is 4.39 Å². The van der Waals surface area contributed by atoms with E-state index in [0.29, 0.717) is 11.6 Å². The molecule has 0 amide bonds. The van der Waals surface area contributed by atoms with Gasteiger partial charge in [0.1, 0.15) is 5.82 Å². The third kappa shape index (κ3) is 2.01. The van der Waals surface area contributed by atoms with Gasteiger partial charge in [0, 0.05) is 31.4 Å². The molecular weight excluding hydrogens is 227 g/mol. The normalized spacial score (nSPS) is 22.8. The molecule has 2 nitrogen and oxygen atoms in total. The summed E-state index contributed by atoms with van der Waals surface area (Å²) in [6.07, 6.45) is 2.54. The molecule has 0 radical (unpaired) electrons. The molecule has 98 valence electrons. The average Bonchev–Trinajstić information content (AvgIpc) is 3.10. The molecule has 1 aliphatic heterocycles. The quantitative estimate of drug-likeness (QED) is 0.794. The number of rotatable bonds is 2. The summed E-state index contributed by atoms with van der Waals surface area (Å²) in [7, 11) is 0. The number of hydrogen-bond donors (Lipinski definition) is 0. The van der Waals surface area contributed by atoms with Gasteiger partial charge in [-0.2, -0.15) is 0 Å². The first kappa shape index (κ1) is 12.0. The molecule has 1 aromatic rings.